The number of ketones is 1. The molecule has 0 spiro atoms. The van der Waals surface area contributed by atoms with E-state index in [1.807, 2.05) is 34.6 Å². The summed E-state index contributed by atoms with van der Waals surface area (Å²) in [6.45, 7) is 9.20. The standard InChI is InChI=1S/C24H27FO3/c1-6-20(21-13-12-19(25)15-16(21)2)23(27)18-10-7-17(8-11-18)9-14-22(26)28-24(3,4)5/h7-15,20H,6H2,1-5H3/b14-9+. The summed E-state index contributed by atoms with van der Waals surface area (Å²) >= 11 is 0. The number of ether oxygens (including phenoxy) is 1. The van der Waals surface area contributed by atoms with E-state index in [2.05, 4.69) is 0 Å². The van der Waals surface area contributed by atoms with E-state index in [4.69, 9.17) is 4.74 Å². The van der Waals surface area contributed by atoms with Gasteiger partial charge in [0.1, 0.15) is 11.4 Å². The van der Waals surface area contributed by atoms with Crippen LogP contribution in [0.2, 0.25) is 0 Å². The molecule has 148 valence electrons. The van der Waals surface area contributed by atoms with Gasteiger partial charge in [-0.05, 0) is 69.0 Å². The Hall–Kier alpha value is -2.75. The summed E-state index contributed by atoms with van der Waals surface area (Å²) in [5.74, 6) is -1.03. The summed E-state index contributed by atoms with van der Waals surface area (Å²) < 4.78 is 18.6. The van der Waals surface area contributed by atoms with Crippen LogP contribution < -0.4 is 0 Å². The molecule has 0 amide bonds. The van der Waals surface area contributed by atoms with Crippen molar-refractivity contribution < 1.29 is 18.7 Å². The van der Waals surface area contributed by atoms with Gasteiger partial charge in [0.05, 0.1) is 0 Å². The zero-order chi connectivity index (χ0) is 20.9. The Morgan fingerprint density at radius 3 is 2.29 bits per heavy atom. The maximum atomic E-state index is 13.4. The Labute approximate surface area is 166 Å². The summed E-state index contributed by atoms with van der Waals surface area (Å²) in [4.78, 5) is 24.7. The van der Waals surface area contributed by atoms with Gasteiger partial charge in [0.2, 0.25) is 0 Å². The van der Waals surface area contributed by atoms with Gasteiger partial charge in [0, 0.05) is 17.6 Å². The van der Waals surface area contributed by atoms with E-state index in [-0.39, 0.29) is 17.5 Å². The number of halogens is 1. The molecular formula is C24H27FO3. The fraction of sp³-hybridized carbons (Fsp3) is 0.333. The number of aryl methyl sites for hydroxylation is 1. The van der Waals surface area contributed by atoms with Crippen LogP contribution in [-0.4, -0.2) is 17.4 Å². The van der Waals surface area contributed by atoms with E-state index in [0.29, 0.717) is 12.0 Å². The molecule has 4 heteroatoms. The molecule has 1 atom stereocenters. The first-order valence-electron chi connectivity index (χ1n) is 9.42. The molecule has 28 heavy (non-hydrogen) atoms. The number of carbonyl (C=O) groups excluding carboxylic acids is 2. The zero-order valence-electron chi connectivity index (χ0n) is 17.1. The monoisotopic (exact) mass is 382 g/mol. The van der Waals surface area contributed by atoms with Crippen molar-refractivity contribution in [1.82, 2.24) is 0 Å². The average Bonchev–Trinajstić information content (AvgIpc) is 2.61. The maximum absolute atomic E-state index is 13.4. The van der Waals surface area contributed by atoms with Gasteiger partial charge < -0.3 is 4.74 Å². The number of carbonyl (C=O) groups is 2. The summed E-state index contributed by atoms with van der Waals surface area (Å²) in [6.07, 6.45) is 3.66. The van der Waals surface area contributed by atoms with Crippen LogP contribution in [0, 0.1) is 12.7 Å². The van der Waals surface area contributed by atoms with Crippen LogP contribution in [0.15, 0.2) is 48.5 Å². The van der Waals surface area contributed by atoms with Crippen molar-refractivity contribution in [2.24, 2.45) is 0 Å². The second kappa shape index (κ2) is 8.96. The SMILES string of the molecule is CCC(C(=O)c1ccc(/C=C/C(=O)OC(C)(C)C)cc1)c1ccc(F)cc1C. The minimum atomic E-state index is -0.536. The first-order valence-corrected chi connectivity index (χ1v) is 9.42. The minimum absolute atomic E-state index is 0.000111. The molecule has 0 bridgehead atoms. The smallest absolute Gasteiger partial charge is 0.331 e. The second-order valence-corrected chi connectivity index (χ2v) is 7.81. The zero-order valence-corrected chi connectivity index (χ0v) is 17.1. The van der Waals surface area contributed by atoms with E-state index < -0.39 is 11.6 Å². The molecule has 0 saturated heterocycles. The van der Waals surface area contributed by atoms with Gasteiger partial charge in [-0.15, -0.1) is 0 Å². The van der Waals surface area contributed by atoms with Crippen molar-refractivity contribution in [2.75, 3.05) is 0 Å². The van der Waals surface area contributed by atoms with Crippen LogP contribution in [0.3, 0.4) is 0 Å². The van der Waals surface area contributed by atoms with E-state index >= 15 is 0 Å². The van der Waals surface area contributed by atoms with Gasteiger partial charge in [-0.3, -0.25) is 4.79 Å². The third-order valence-electron chi connectivity index (χ3n) is 4.35. The van der Waals surface area contributed by atoms with Crippen molar-refractivity contribution in [2.45, 2.75) is 52.6 Å². The van der Waals surface area contributed by atoms with Gasteiger partial charge in [-0.2, -0.15) is 0 Å². The highest BCUT2D eigenvalue weighted by atomic mass is 19.1. The summed E-state index contributed by atoms with van der Waals surface area (Å²) in [5.41, 5.74) is 2.48. The Bertz CT molecular complexity index is 874. The molecule has 0 saturated carbocycles. The molecule has 0 N–H and O–H groups in total. The Kier molecular flexibility index (Phi) is 6.90. The van der Waals surface area contributed by atoms with Crippen LogP contribution in [0.5, 0.6) is 0 Å². The number of rotatable bonds is 6. The molecule has 0 aromatic heterocycles. The van der Waals surface area contributed by atoms with Crippen LogP contribution in [-0.2, 0) is 9.53 Å². The summed E-state index contributed by atoms with van der Waals surface area (Å²) in [7, 11) is 0. The first kappa shape index (κ1) is 21.5. The van der Waals surface area contributed by atoms with Crippen LogP contribution >= 0.6 is 0 Å². The van der Waals surface area contributed by atoms with Gasteiger partial charge >= 0.3 is 5.97 Å². The lowest BCUT2D eigenvalue weighted by Gasteiger charge is -2.18. The van der Waals surface area contributed by atoms with E-state index in [1.54, 1.807) is 36.4 Å². The van der Waals surface area contributed by atoms with Crippen molar-refractivity contribution in [3.63, 3.8) is 0 Å². The highest BCUT2D eigenvalue weighted by Crippen LogP contribution is 2.27. The van der Waals surface area contributed by atoms with E-state index in [9.17, 15) is 14.0 Å². The molecule has 0 aliphatic carbocycles. The number of hydrogen-bond donors (Lipinski definition) is 0. The third kappa shape index (κ3) is 5.88. The predicted molar refractivity (Wildman–Crippen MR) is 110 cm³/mol. The second-order valence-electron chi connectivity index (χ2n) is 7.81. The quantitative estimate of drug-likeness (QED) is 0.357. The third-order valence-corrected chi connectivity index (χ3v) is 4.35. The first-order chi connectivity index (χ1) is 13.1. The number of benzene rings is 2. The van der Waals surface area contributed by atoms with Crippen LogP contribution in [0.4, 0.5) is 4.39 Å². The molecule has 2 aromatic carbocycles. The van der Waals surface area contributed by atoms with Crippen molar-refractivity contribution >= 4 is 17.8 Å². The average molecular weight is 382 g/mol. The molecule has 2 aromatic rings. The summed E-state index contributed by atoms with van der Waals surface area (Å²) in [6, 6.07) is 11.6. The maximum Gasteiger partial charge on any atom is 0.331 e. The van der Waals surface area contributed by atoms with Crippen molar-refractivity contribution in [3.8, 4) is 0 Å². The molecule has 0 aliphatic heterocycles. The van der Waals surface area contributed by atoms with Crippen LogP contribution in [0.25, 0.3) is 6.08 Å². The predicted octanol–water partition coefficient (Wildman–Crippen LogP) is 5.87. The minimum Gasteiger partial charge on any atom is -0.457 e. The summed E-state index contributed by atoms with van der Waals surface area (Å²) in [5, 5.41) is 0. The molecule has 1 unspecified atom stereocenters. The highest BCUT2D eigenvalue weighted by Gasteiger charge is 2.22. The lowest BCUT2D eigenvalue weighted by atomic mass is 9.86. The molecular weight excluding hydrogens is 355 g/mol. The fourth-order valence-electron chi connectivity index (χ4n) is 3.04. The lowest BCUT2D eigenvalue weighted by molar-refractivity contribution is -0.148. The number of hydrogen-bond acceptors (Lipinski definition) is 3. The molecule has 0 fully saturated rings. The number of esters is 1. The van der Waals surface area contributed by atoms with Gasteiger partial charge in [-0.1, -0.05) is 37.3 Å². The van der Waals surface area contributed by atoms with Gasteiger partial charge in [0.15, 0.2) is 5.78 Å². The number of Topliss-reactive ketones (excluding diaryl/α,β-unsaturated/α-hetero) is 1. The lowest BCUT2D eigenvalue weighted by Crippen LogP contribution is -2.22. The molecule has 0 radical (unpaired) electrons. The Morgan fingerprint density at radius 1 is 1.11 bits per heavy atom. The van der Waals surface area contributed by atoms with Crippen LogP contribution in [0.1, 0.15) is 67.1 Å². The normalized spacial score (nSPS) is 12.8. The molecule has 0 aliphatic rings. The Balaban J connectivity index is 2.15. The molecule has 0 heterocycles. The van der Waals surface area contributed by atoms with Crippen molar-refractivity contribution in [1.29, 1.82) is 0 Å². The van der Waals surface area contributed by atoms with Gasteiger partial charge in [0.25, 0.3) is 0 Å². The van der Waals surface area contributed by atoms with E-state index in [0.717, 1.165) is 16.7 Å². The fourth-order valence-corrected chi connectivity index (χ4v) is 3.04. The highest BCUT2D eigenvalue weighted by molar-refractivity contribution is 6.01. The van der Waals surface area contributed by atoms with Crippen molar-refractivity contribution in [3.05, 3.63) is 76.6 Å². The van der Waals surface area contributed by atoms with E-state index in [1.165, 1.54) is 18.2 Å². The Morgan fingerprint density at radius 2 is 1.75 bits per heavy atom. The molecule has 3 nitrogen and oxygen atoms in total. The largest absolute Gasteiger partial charge is 0.457 e. The van der Waals surface area contributed by atoms with Gasteiger partial charge in [-0.25, -0.2) is 9.18 Å². The topological polar surface area (TPSA) is 43.4 Å². The molecule has 2 rings (SSSR count).